The van der Waals surface area contributed by atoms with Crippen LogP contribution in [0.1, 0.15) is 77.2 Å². The van der Waals surface area contributed by atoms with Gasteiger partial charge >= 0.3 is 0 Å². The van der Waals surface area contributed by atoms with Gasteiger partial charge in [-0.2, -0.15) is 0 Å². The Morgan fingerprint density at radius 1 is 0.970 bits per heavy atom. The standard InChI is InChI=1S/C26H38N4O3/c1-17(2)19-8-10-20(11-9-19)29-14-12-21(13-15-29)30-24-7-5-4-6-22(24)23(26(30)33)16-25(32)28-27-18(3)31/h4-7,17,19-21,23H,8-16H2,1-3H3,(H,27,31)(H,28,32)/t19-,20+,23?. The van der Waals surface area contributed by atoms with Gasteiger partial charge in [0.05, 0.1) is 5.92 Å². The Bertz CT molecular complexity index is 870. The van der Waals surface area contributed by atoms with Gasteiger partial charge in [0.1, 0.15) is 0 Å². The topological polar surface area (TPSA) is 81.8 Å². The highest BCUT2D eigenvalue weighted by atomic mass is 16.2. The van der Waals surface area contributed by atoms with E-state index < -0.39 is 5.92 Å². The summed E-state index contributed by atoms with van der Waals surface area (Å²) in [5, 5.41) is 0. The lowest BCUT2D eigenvalue weighted by molar-refractivity contribution is -0.129. The maximum atomic E-state index is 13.5. The molecular weight excluding hydrogens is 416 g/mol. The normalized spacial score (nSPS) is 26.4. The van der Waals surface area contributed by atoms with Crippen LogP contribution in [-0.2, 0) is 14.4 Å². The van der Waals surface area contributed by atoms with E-state index in [-0.39, 0.29) is 30.2 Å². The van der Waals surface area contributed by atoms with Gasteiger partial charge in [0.15, 0.2) is 0 Å². The van der Waals surface area contributed by atoms with Gasteiger partial charge in [-0.3, -0.25) is 25.2 Å². The summed E-state index contributed by atoms with van der Waals surface area (Å²) in [6.07, 6.45) is 7.23. The number of likely N-dealkylation sites (tertiary alicyclic amines) is 1. The number of hydrazine groups is 1. The number of carbonyl (C=O) groups excluding carboxylic acids is 3. The summed E-state index contributed by atoms with van der Waals surface area (Å²) in [6, 6.07) is 8.69. The molecule has 1 saturated carbocycles. The molecule has 3 aliphatic rings. The first kappa shape index (κ1) is 23.7. The number of nitrogens with zero attached hydrogens (tertiary/aromatic N) is 2. The average Bonchev–Trinajstić information content (AvgIpc) is 3.09. The molecule has 4 rings (SSSR count). The minimum atomic E-state index is -0.501. The van der Waals surface area contributed by atoms with Crippen LogP contribution in [0.2, 0.25) is 0 Å². The van der Waals surface area contributed by atoms with Crippen LogP contribution in [0, 0.1) is 11.8 Å². The van der Waals surface area contributed by atoms with Gasteiger partial charge in [-0.1, -0.05) is 32.0 Å². The molecule has 0 radical (unpaired) electrons. The Hall–Kier alpha value is -2.41. The number of para-hydroxylation sites is 1. The summed E-state index contributed by atoms with van der Waals surface area (Å²) >= 11 is 0. The van der Waals surface area contributed by atoms with Crippen molar-refractivity contribution in [2.24, 2.45) is 11.8 Å². The second-order valence-corrected chi connectivity index (χ2v) is 10.3. The highest BCUT2D eigenvalue weighted by molar-refractivity contribution is 6.07. The monoisotopic (exact) mass is 454 g/mol. The van der Waals surface area contributed by atoms with E-state index in [4.69, 9.17) is 0 Å². The molecule has 2 heterocycles. The van der Waals surface area contributed by atoms with Crippen molar-refractivity contribution >= 4 is 23.4 Å². The summed E-state index contributed by atoms with van der Waals surface area (Å²) in [5.74, 6) is 0.465. The fraction of sp³-hybridized carbons (Fsp3) is 0.654. The molecule has 7 heteroatoms. The third-order valence-corrected chi connectivity index (χ3v) is 7.94. The van der Waals surface area contributed by atoms with Crippen molar-refractivity contribution in [1.82, 2.24) is 15.8 Å². The van der Waals surface area contributed by atoms with Crippen molar-refractivity contribution in [1.29, 1.82) is 0 Å². The first-order valence-electron chi connectivity index (χ1n) is 12.6. The van der Waals surface area contributed by atoms with E-state index in [1.54, 1.807) is 0 Å². The lowest BCUT2D eigenvalue weighted by Crippen LogP contribution is -2.50. The molecule has 0 aromatic heterocycles. The second kappa shape index (κ2) is 10.2. The maximum absolute atomic E-state index is 13.5. The number of carbonyl (C=O) groups is 3. The molecule has 180 valence electrons. The maximum Gasteiger partial charge on any atom is 0.239 e. The molecule has 2 fully saturated rings. The molecule has 0 bridgehead atoms. The van der Waals surface area contributed by atoms with Crippen molar-refractivity contribution in [2.45, 2.75) is 83.7 Å². The van der Waals surface area contributed by atoms with E-state index >= 15 is 0 Å². The van der Waals surface area contributed by atoms with Gasteiger partial charge in [0, 0.05) is 44.2 Å². The Balaban J connectivity index is 1.38. The van der Waals surface area contributed by atoms with Gasteiger partial charge in [-0.25, -0.2) is 0 Å². The van der Waals surface area contributed by atoms with E-state index in [2.05, 4.69) is 29.6 Å². The van der Waals surface area contributed by atoms with Gasteiger partial charge < -0.3 is 9.80 Å². The molecule has 1 atom stereocenters. The quantitative estimate of drug-likeness (QED) is 0.669. The number of piperidine rings is 1. The Labute approximate surface area is 197 Å². The van der Waals surface area contributed by atoms with Gasteiger partial charge in [-0.05, 0) is 62.0 Å². The molecule has 1 aromatic rings. The number of nitrogens with one attached hydrogen (secondary N) is 2. The Kier molecular flexibility index (Phi) is 7.37. The number of benzene rings is 1. The van der Waals surface area contributed by atoms with Crippen molar-refractivity contribution in [3.63, 3.8) is 0 Å². The molecule has 7 nitrogen and oxygen atoms in total. The Morgan fingerprint density at radius 3 is 2.27 bits per heavy atom. The van der Waals surface area contributed by atoms with Crippen molar-refractivity contribution < 1.29 is 14.4 Å². The van der Waals surface area contributed by atoms with Crippen LogP contribution in [0.3, 0.4) is 0 Å². The Morgan fingerprint density at radius 2 is 1.64 bits per heavy atom. The zero-order valence-corrected chi connectivity index (χ0v) is 20.2. The van der Waals surface area contributed by atoms with E-state index in [1.807, 2.05) is 29.2 Å². The average molecular weight is 455 g/mol. The van der Waals surface area contributed by atoms with Crippen molar-refractivity contribution in [2.75, 3.05) is 18.0 Å². The first-order chi connectivity index (χ1) is 15.8. The van der Waals surface area contributed by atoms with Crippen LogP contribution in [-0.4, -0.2) is 47.8 Å². The minimum absolute atomic E-state index is 0.00469. The highest BCUT2D eigenvalue weighted by Gasteiger charge is 2.42. The third kappa shape index (κ3) is 5.24. The molecule has 2 N–H and O–H groups in total. The number of anilines is 1. The summed E-state index contributed by atoms with van der Waals surface area (Å²) in [6.45, 7) is 8.08. The van der Waals surface area contributed by atoms with Crippen LogP contribution >= 0.6 is 0 Å². The second-order valence-electron chi connectivity index (χ2n) is 10.3. The third-order valence-electron chi connectivity index (χ3n) is 7.94. The summed E-state index contributed by atoms with van der Waals surface area (Å²) in [5.41, 5.74) is 6.55. The molecule has 3 amide bonds. The number of hydrogen-bond acceptors (Lipinski definition) is 4. The van der Waals surface area contributed by atoms with Gasteiger partial charge in [-0.15, -0.1) is 0 Å². The summed E-state index contributed by atoms with van der Waals surface area (Å²) < 4.78 is 0. The van der Waals surface area contributed by atoms with Gasteiger partial charge in [0.2, 0.25) is 17.7 Å². The fourth-order valence-electron chi connectivity index (χ4n) is 6.03. The predicted octanol–water partition coefficient (Wildman–Crippen LogP) is 3.35. The minimum Gasteiger partial charge on any atom is -0.308 e. The summed E-state index contributed by atoms with van der Waals surface area (Å²) in [4.78, 5) is 41.5. The molecular formula is C26H38N4O3. The molecule has 1 aliphatic carbocycles. The zero-order chi connectivity index (χ0) is 23.5. The lowest BCUT2D eigenvalue weighted by Gasteiger charge is -2.43. The highest BCUT2D eigenvalue weighted by Crippen LogP contribution is 2.42. The molecule has 0 spiro atoms. The first-order valence-corrected chi connectivity index (χ1v) is 12.6. The fourth-order valence-corrected chi connectivity index (χ4v) is 6.03. The van der Waals surface area contributed by atoms with Crippen LogP contribution in [0.4, 0.5) is 5.69 Å². The van der Waals surface area contributed by atoms with Crippen LogP contribution in [0.15, 0.2) is 24.3 Å². The van der Waals surface area contributed by atoms with Crippen molar-refractivity contribution in [3.8, 4) is 0 Å². The summed E-state index contributed by atoms with van der Waals surface area (Å²) in [7, 11) is 0. The molecule has 1 aromatic carbocycles. The molecule has 1 saturated heterocycles. The molecule has 2 aliphatic heterocycles. The van der Waals surface area contributed by atoms with Crippen LogP contribution in [0.25, 0.3) is 0 Å². The number of rotatable bonds is 5. The zero-order valence-electron chi connectivity index (χ0n) is 20.2. The van der Waals surface area contributed by atoms with E-state index in [1.165, 1.54) is 32.6 Å². The van der Waals surface area contributed by atoms with E-state index in [0.717, 1.165) is 49.0 Å². The van der Waals surface area contributed by atoms with Crippen LogP contribution in [0.5, 0.6) is 0 Å². The number of hydrogen-bond donors (Lipinski definition) is 2. The van der Waals surface area contributed by atoms with Crippen LogP contribution < -0.4 is 15.8 Å². The van der Waals surface area contributed by atoms with E-state index in [0.29, 0.717) is 6.04 Å². The van der Waals surface area contributed by atoms with Gasteiger partial charge in [0.25, 0.3) is 0 Å². The van der Waals surface area contributed by atoms with E-state index in [9.17, 15) is 14.4 Å². The predicted molar refractivity (Wildman–Crippen MR) is 128 cm³/mol. The number of fused-ring (bicyclic) bond motifs is 1. The molecule has 33 heavy (non-hydrogen) atoms. The smallest absolute Gasteiger partial charge is 0.239 e. The molecule has 1 unspecified atom stereocenters. The lowest BCUT2D eigenvalue weighted by atomic mass is 9.79. The number of amides is 3. The largest absolute Gasteiger partial charge is 0.308 e. The SMILES string of the molecule is CC(=O)NNC(=O)CC1C(=O)N(C2CCN([C@H]3CC[C@@H](C(C)C)CC3)CC2)c2ccccc21. The van der Waals surface area contributed by atoms with Crippen molar-refractivity contribution in [3.05, 3.63) is 29.8 Å².